The highest BCUT2D eigenvalue weighted by Crippen LogP contribution is 2.32. The smallest absolute Gasteiger partial charge is 0.410 e. The first-order valence-corrected chi connectivity index (χ1v) is 14.0. The van der Waals surface area contributed by atoms with E-state index in [1.165, 1.54) is 6.07 Å². The van der Waals surface area contributed by atoms with Crippen molar-refractivity contribution >= 4 is 28.3 Å². The number of hydrogen-bond acceptors (Lipinski definition) is 6. The Morgan fingerprint density at radius 3 is 2.41 bits per heavy atom. The predicted molar refractivity (Wildman–Crippen MR) is 160 cm³/mol. The van der Waals surface area contributed by atoms with Crippen molar-refractivity contribution in [3.8, 4) is 22.3 Å². The molecule has 0 atom stereocenters. The van der Waals surface area contributed by atoms with Crippen LogP contribution in [0.2, 0.25) is 0 Å². The van der Waals surface area contributed by atoms with Gasteiger partial charge < -0.3 is 14.5 Å². The van der Waals surface area contributed by atoms with Gasteiger partial charge in [0.15, 0.2) is 5.65 Å². The van der Waals surface area contributed by atoms with Gasteiger partial charge in [-0.15, -0.1) is 0 Å². The summed E-state index contributed by atoms with van der Waals surface area (Å²) in [6, 6.07) is 15.2. The Labute approximate surface area is 239 Å². The predicted octanol–water partition coefficient (Wildman–Crippen LogP) is 6.83. The lowest BCUT2D eigenvalue weighted by molar-refractivity contribution is 0.0240. The Hall–Kier alpha value is -4.53. The van der Waals surface area contributed by atoms with Crippen molar-refractivity contribution in [1.29, 1.82) is 0 Å². The maximum Gasteiger partial charge on any atom is 0.410 e. The molecule has 0 unspecified atom stereocenters. The molecule has 5 aromatic rings. The first kappa shape index (κ1) is 28.0. The second-order valence-corrected chi connectivity index (χ2v) is 10.7. The van der Waals surface area contributed by atoms with Crippen LogP contribution < -0.4 is 4.90 Å². The van der Waals surface area contributed by atoms with Gasteiger partial charge in [-0.2, -0.15) is 5.10 Å². The van der Waals surface area contributed by atoms with Gasteiger partial charge in [0.25, 0.3) is 0 Å². The lowest BCUT2D eigenvalue weighted by Gasteiger charge is -2.36. The first-order chi connectivity index (χ1) is 19.8. The Morgan fingerprint density at radius 1 is 0.902 bits per heavy atom. The van der Waals surface area contributed by atoms with Crippen LogP contribution in [0.15, 0.2) is 73.3 Å². The third kappa shape index (κ3) is 5.84. The average molecular weight is 555 g/mol. The van der Waals surface area contributed by atoms with Crippen molar-refractivity contribution in [3.05, 3.63) is 79.1 Å². The topological polar surface area (TPSA) is 75.9 Å². The number of halogens is 1. The zero-order valence-electron chi connectivity index (χ0n) is 24.1. The number of benzene rings is 2. The van der Waals surface area contributed by atoms with Crippen LogP contribution >= 0.6 is 0 Å². The van der Waals surface area contributed by atoms with E-state index in [0.29, 0.717) is 37.4 Å². The average Bonchev–Trinajstić information content (AvgIpc) is 3.40. The summed E-state index contributed by atoms with van der Waals surface area (Å²) in [6.45, 7) is 11.6. The number of carbonyl (C=O) groups excluding carboxylic acids is 1. The quantitative estimate of drug-likeness (QED) is 0.243. The molecule has 1 saturated heterocycles. The molecule has 1 amide bonds. The minimum absolute atomic E-state index is 0.317. The van der Waals surface area contributed by atoms with Crippen LogP contribution in [0.5, 0.6) is 0 Å². The third-order valence-corrected chi connectivity index (χ3v) is 6.85. The standard InChI is InChI=1S/C30H29FN6O2.C2H6/c1-30(2,3)39-29(38)36-14-12-35(13-15-36)27-10-9-20(16-25(27)31)21-17-33-28-24(18-34-37(28)19-21)22-6-4-8-26-23(22)7-5-11-32-26;1-2/h4-11,16-19H,12-15H2,1-3H3;1-2H3. The highest BCUT2D eigenvalue weighted by Gasteiger charge is 2.27. The molecule has 1 fully saturated rings. The fourth-order valence-electron chi connectivity index (χ4n) is 4.95. The molecule has 4 heterocycles. The molecule has 41 heavy (non-hydrogen) atoms. The molecule has 0 N–H and O–H groups in total. The van der Waals surface area contributed by atoms with E-state index in [0.717, 1.165) is 33.2 Å². The number of nitrogens with zero attached hydrogens (tertiary/aromatic N) is 6. The number of aromatic nitrogens is 4. The van der Waals surface area contributed by atoms with Gasteiger partial charge in [0, 0.05) is 61.3 Å². The monoisotopic (exact) mass is 554 g/mol. The van der Waals surface area contributed by atoms with E-state index in [-0.39, 0.29) is 11.9 Å². The Bertz CT molecular complexity index is 1680. The van der Waals surface area contributed by atoms with Gasteiger partial charge >= 0.3 is 6.09 Å². The minimum Gasteiger partial charge on any atom is -0.444 e. The third-order valence-electron chi connectivity index (χ3n) is 6.85. The molecular weight excluding hydrogens is 519 g/mol. The fraction of sp³-hybridized carbons (Fsp3) is 0.312. The van der Waals surface area contributed by atoms with Crippen LogP contribution in [-0.2, 0) is 4.74 Å². The van der Waals surface area contributed by atoms with Crippen molar-refractivity contribution in [2.24, 2.45) is 0 Å². The van der Waals surface area contributed by atoms with Gasteiger partial charge in [-0.1, -0.05) is 38.1 Å². The summed E-state index contributed by atoms with van der Waals surface area (Å²) >= 11 is 0. The van der Waals surface area contributed by atoms with E-state index in [1.807, 2.05) is 82.1 Å². The summed E-state index contributed by atoms with van der Waals surface area (Å²) in [5.74, 6) is -0.317. The summed E-state index contributed by atoms with van der Waals surface area (Å²) in [5, 5.41) is 5.57. The van der Waals surface area contributed by atoms with Crippen molar-refractivity contribution in [2.45, 2.75) is 40.2 Å². The number of pyridine rings is 1. The fourth-order valence-corrected chi connectivity index (χ4v) is 4.95. The van der Waals surface area contributed by atoms with E-state index in [1.54, 1.807) is 34.1 Å². The normalized spacial score (nSPS) is 13.7. The van der Waals surface area contributed by atoms with Crippen LogP contribution in [0.4, 0.5) is 14.9 Å². The molecule has 1 aliphatic heterocycles. The summed E-state index contributed by atoms with van der Waals surface area (Å²) in [7, 11) is 0. The molecular formula is C32H35FN6O2. The van der Waals surface area contributed by atoms with Crippen LogP contribution in [0, 0.1) is 5.82 Å². The van der Waals surface area contributed by atoms with Crippen LogP contribution in [0.1, 0.15) is 34.6 Å². The van der Waals surface area contributed by atoms with Crippen LogP contribution in [0.3, 0.4) is 0 Å². The molecule has 3 aromatic heterocycles. The number of piperazine rings is 1. The molecule has 8 nitrogen and oxygen atoms in total. The maximum atomic E-state index is 15.3. The largest absolute Gasteiger partial charge is 0.444 e. The minimum atomic E-state index is -0.542. The summed E-state index contributed by atoms with van der Waals surface area (Å²) in [6.07, 6.45) is 6.86. The van der Waals surface area contributed by atoms with Crippen molar-refractivity contribution in [3.63, 3.8) is 0 Å². The lowest BCUT2D eigenvalue weighted by Crippen LogP contribution is -2.50. The van der Waals surface area contributed by atoms with E-state index >= 15 is 4.39 Å². The molecule has 6 rings (SSSR count). The molecule has 9 heteroatoms. The summed E-state index contributed by atoms with van der Waals surface area (Å²) < 4.78 is 22.5. The Morgan fingerprint density at radius 2 is 1.68 bits per heavy atom. The van der Waals surface area contributed by atoms with Gasteiger partial charge in [-0.3, -0.25) is 4.98 Å². The molecule has 0 radical (unpaired) electrons. The van der Waals surface area contributed by atoms with E-state index < -0.39 is 5.60 Å². The molecule has 2 aromatic carbocycles. The van der Waals surface area contributed by atoms with Crippen LogP contribution in [0.25, 0.3) is 38.8 Å². The number of carbonyl (C=O) groups is 1. The molecule has 1 aliphatic rings. The number of fused-ring (bicyclic) bond motifs is 2. The van der Waals surface area contributed by atoms with E-state index in [2.05, 4.69) is 10.1 Å². The summed E-state index contributed by atoms with van der Waals surface area (Å²) in [5.41, 5.74) is 5.00. The van der Waals surface area contributed by atoms with Gasteiger partial charge in [0.2, 0.25) is 0 Å². The number of anilines is 1. The van der Waals surface area contributed by atoms with Gasteiger partial charge in [0.05, 0.1) is 17.4 Å². The number of rotatable bonds is 3. The molecule has 0 spiro atoms. The Balaban J connectivity index is 0.00000165. The number of hydrogen-bond donors (Lipinski definition) is 0. The SMILES string of the molecule is CC.CC(C)(C)OC(=O)N1CCN(c2ccc(-c3cnc4c(-c5cccc6ncccc56)cnn4c3)cc2F)CC1. The van der Waals surface area contributed by atoms with Crippen molar-refractivity contribution < 1.29 is 13.9 Å². The second-order valence-electron chi connectivity index (χ2n) is 10.7. The van der Waals surface area contributed by atoms with E-state index in [4.69, 9.17) is 9.72 Å². The number of amides is 1. The zero-order chi connectivity index (χ0) is 29.1. The van der Waals surface area contributed by atoms with Crippen molar-refractivity contribution in [1.82, 2.24) is 24.5 Å². The van der Waals surface area contributed by atoms with Gasteiger partial charge in [-0.25, -0.2) is 18.7 Å². The molecule has 212 valence electrons. The first-order valence-electron chi connectivity index (χ1n) is 14.0. The zero-order valence-corrected chi connectivity index (χ0v) is 24.1. The molecule has 0 bridgehead atoms. The van der Waals surface area contributed by atoms with Gasteiger partial charge in [0.1, 0.15) is 11.4 Å². The number of ether oxygens (including phenoxy) is 1. The van der Waals surface area contributed by atoms with Crippen LogP contribution in [-0.4, -0.2) is 62.4 Å². The summed E-state index contributed by atoms with van der Waals surface area (Å²) in [4.78, 5) is 25.1. The van der Waals surface area contributed by atoms with Gasteiger partial charge in [-0.05, 0) is 56.2 Å². The second kappa shape index (κ2) is 11.5. The van der Waals surface area contributed by atoms with E-state index in [9.17, 15) is 4.79 Å². The molecule has 0 saturated carbocycles. The highest BCUT2D eigenvalue weighted by molar-refractivity contribution is 5.97. The van der Waals surface area contributed by atoms with Crippen molar-refractivity contribution in [2.75, 3.05) is 31.1 Å². The molecule has 0 aliphatic carbocycles. The lowest BCUT2D eigenvalue weighted by atomic mass is 10.0. The maximum absolute atomic E-state index is 15.3. The Kier molecular flexibility index (Phi) is 7.88. The highest BCUT2D eigenvalue weighted by atomic mass is 19.1.